The van der Waals surface area contributed by atoms with Crippen LogP contribution in [0, 0.1) is 6.92 Å². The summed E-state index contributed by atoms with van der Waals surface area (Å²) in [6, 6.07) is 5.99. The summed E-state index contributed by atoms with van der Waals surface area (Å²) in [5.41, 5.74) is 3.58. The van der Waals surface area contributed by atoms with Crippen LogP contribution in [0.4, 0.5) is 17.5 Å². The molecule has 1 saturated carbocycles. The highest BCUT2D eigenvalue weighted by atomic mass is 16.3. The number of anilines is 2. The molecule has 3 N–H and O–H groups in total. The van der Waals surface area contributed by atoms with Gasteiger partial charge in [0.1, 0.15) is 11.2 Å². The molecule has 4 rings (SSSR count). The highest BCUT2D eigenvalue weighted by Crippen LogP contribution is 2.34. The molecule has 0 amide bonds. The maximum Gasteiger partial charge on any atom is 0.243 e. The summed E-state index contributed by atoms with van der Waals surface area (Å²) in [6.07, 6.45) is 3.27. The Morgan fingerprint density at radius 1 is 1.25 bits per heavy atom. The lowest BCUT2D eigenvalue weighted by Crippen LogP contribution is -2.48. The summed E-state index contributed by atoms with van der Waals surface area (Å²) < 4.78 is 1.80. The molecule has 3 aromatic heterocycles. The van der Waals surface area contributed by atoms with E-state index in [1.165, 1.54) is 0 Å². The second-order valence-electron chi connectivity index (χ2n) is 7.40. The van der Waals surface area contributed by atoms with Gasteiger partial charge in [0.2, 0.25) is 5.95 Å². The van der Waals surface area contributed by atoms with E-state index < -0.39 is 5.60 Å². The number of aliphatic hydroxyl groups is 1. The third-order valence-corrected chi connectivity index (χ3v) is 5.00. The number of fused-ring (bicyclic) bond motifs is 1. The minimum absolute atomic E-state index is 0.178. The molecule has 1 fully saturated rings. The molecule has 0 aliphatic heterocycles. The molecule has 146 valence electrons. The second kappa shape index (κ2) is 6.83. The number of nitrogens with one attached hydrogen (secondary N) is 2. The molecule has 1 aliphatic carbocycles. The molecule has 0 saturated heterocycles. The van der Waals surface area contributed by atoms with Crippen molar-refractivity contribution in [3.8, 4) is 11.3 Å². The molecule has 3 heterocycles. The summed E-state index contributed by atoms with van der Waals surface area (Å²) in [5.74, 6) is 1.24. The highest BCUT2D eigenvalue weighted by molar-refractivity contribution is 5.87. The molecule has 0 radical (unpaired) electrons. The van der Waals surface area contributed by atoms with Crippen LogP contribution in [0.25, 0.3) is 16.8 Å². The number of rotatable bonds is 5. The quantitative estimate of drug-likeness (QED) is 0.586. The number of hydrogen-bond acceptors (Lipinski definition) is 8. The van der Waals surface area contributed by atoms with E-state index >= 15 is 0 Å². The van der Waals surface area contributed by atoms with E-state index in [-0.39, 0.29) is 6.04 Å². The van der Waals surface area contributed by atoms with Gasteiger partial charge in [0.25, 0.3) is 0 Å². The zero-order chi connectivity index (χ0) is 19.9. The number of nitrogens with zero attached hydrogens (tertiary/aromatic N) is 6. The first-order chi connectivity index (χ1) is 13.4. The van der Waals surface area contributed by atoms with E-state index in [1.807, 2.05) is 45.3 Å². The average Bonchev–Trinajstić information content (AvgIpc) is 3.05. The first-order valence-electron chi connectivity index (χ1n) is 9.24. The molecule has 0 bridgehead atoms. The minimum Gasteiger partial charge on any atom is -0.390 e. The summed E-state index contributed by atoms with van der Waals surface area (Å²) in [4.78, 5) is 9.29. The van der Waals surface area contributed by atoms with Gasteiger partial charge in [-0.05, 0) is 44.9 Å². The summed E-state index contributed by atoms with van der Waals surface area (Å²) in [5, 5.41) is 28.9. The van der Waals surface area contributed by atoms with Crippen LogP contribution in [0.15, 0.2) is 34.6 Å². The van der Waals surface area contributed by atoms with Crippen LogP contribution in [-0.4, -0.2) is 50.4 Å². The predicted molar refractivity (Wildman–Crippen MR) is 108 cm³/mol. The maximum absolute atomic E-state index is 9.92. The lowest BCUT2D eigenvalue weighted by atomic mass is 9.77. The molecule has 1 aliphatic rings. The fraction of sp³-hybridized carbons (Fsp3) is 0.421. The van der Waals surface area contributed by atoms with Gasteiger partial charge >= 0.3 is 0 Å². The van der Waals surface area contributed by atoms with E-state index in [9.17, 15) is 5.11 Å². The number of hydrogen-bond donors (Lipinski definition) is 3. The van der Waals surface area contributed by atoms with Gasteiger partial charge in [0, 0.05) is 31.9 Å². The van der Waals surface area contributed by atoms with Crippen molar-refractivity contribution in [1.29, 1.82) is 0 Å². The Morgan fingerprint density at radius 2 is 2.04 bits per heavy atom. The van der Waals surface area contributed by atoms with Crippen molar-refractivity contribution >= 4 is 23.0 Å². The van der Waals surface area contributed by atoms with Crippen LogP contribution >= 0.6 is 0 Å². The largest absolute Gasteiger partial charge is 0.390 e. The van der Waals surface area contributed by atoms with Crippen LogP contribution in [0.3, 0.4) is 0 Å². The zero-order valence-electron chi connectivity index (χ0n) is 16.4. The topological polar surface area (TPSA) is 112 Å². The van der Waals surface area contributed by atoms with Crippen LogP contribution in [-0.2, 0) is 0 Å². The Kier molecular flexibility index (Phi) is 4.46. The molecule has 0 aromatic carbocycles. The predicted octanol–water partition coefficient (Wildman–Crippen LogP) is 3.18. The Morgan fingerprint density at radius 3 is 2.68 bits per heavy atom. The number of azo groups is 1. The molecule has 0 spiro atoms. The van der Waals surface area contributed by atoms with Gasteiger partial charge in [-0.3, -0.25) is 4.98 Å². The van der Waals surface area contributed by atoms with Crippen LogP contribution in [0.5, 0.6) is 0 Å². The molecular formula is C19H24N8O. The summed E-state index contributed by atoms with van der Waals surface area (Å²) >= 11 is 0. The van der Waals surface area contributed by atoms with Crippen LogP contribution < -0.4 is 10.6 Å². The van der Waals surface area contributed by atoms with E-state index in [4.69, 9.17) is 0 Å². The van der Waals surface area contributed by atoms with Crippen molar-refractivity contribution < 1.29 is 5.11 Å². The average molecular weight is 380 g/mol. The number of aryl methyl sites for hydroxylation is 1. The fourth-order valence-corrected chi connectivity index (χ4v) is 3.67. The monoisotopic (exact) mass is 380 g/mol. The van der Waals surface area contributed by atoms with Gasteiger partial charge in [0.15, 0.2) is 5.82 Å². The smallest absolute Gasteiger partial charge is 0.243 e. The third kappa shape index (κ3) is 3.29. The van der Waals surface area contributed by atoms with Crippen molar-refractivity contribution in [3.63, 3.8) is 0 Å². The minimum atomic E-state index is -0.596. The molecular weight excluding hydrogens is 356 g/mol. The number of pyridine rings is 1. The molecule has 9 nitrogen and oxygen atoms in total. The Hall–Kier alpha value is -3.07. The normalized spacial score (nSPS) is 21.8. The van der Waals surface area contributed by atoms with E-state index in [2.05, 4.69) is 35.9 Å². The number of aromatic nitrogens is 4. The van der Waals surface area contributed by atoms with Gasteiger partial charge in [-0.2, -0.15) is 15.2 Å². The third-order valence-electron chi connectivity index (χ3n) is 5.00. The molecule has 0 unspecified atom stereocenters. The van der Waals surface area contributed by atoms with Gasteiger partial charge < -0.3 is 15.7 Å². The van der Waals surface area contributed by atoms with E-state index in [0.29, 0.717) is 24.6 Å². The SMILES string of the molecule is CN=Nc1ccc(-c2ccn3nc(NC4CC(C)(O)C4)nc(NC)c23)nc1C. The first kappa shape index (κ1) is 18.3. The van der Waals surface area contributed by atoms with Crippen molar-refractivity contribution in [2.75, 3.05) is 24.7 Å². The first-order valence-corrected chi connectivity index (χ1v) is 9.24. The Bertz CT molecular complexity index is 1050. The second-order valence-corrected chi connectivity index (χ2v) is 7.40. The van der Waals surface area contributed by atoms with E-state index in [1.54, 1.807) is 11.6 Å². The molecule has 3 aromatic rings. The summed E-state index contributed by atoms with van der Waals surface area (Å²) in [7, 11) is 3.47. The highest BCUT2D eigenvalue weighted by Gasteiger charge is 2.38. The van der Waals surface area contributed by atoms with Crippen molar-refractivity contribution in [2.45, 2.75) is 38.3 Å². The molecule has 28 heavy (non-hydrogen) atoms. The van der Waals surface area contributed by atoms with Gasteiger partial charge in [-0.1, -0.05) is 0 Å². The maximum atomic E-state index is 9.92. The van der Waals surface area contributed by atoms with Crippen molar-refractivity contribution in [3.05, 3.63) is 30.1 Å². The molecule has 9 heteroatoms. The zero-order valence-corrected chi connectivity index (χ0v) is 16.4. The fourth-order valence-electron chi connectivity index (χ4n) is 3.67. The van der Waals surface area contributed by atoms with Crippen LogP contribution in [0.1, 0.15) is 25.5 Å². The summed E-state index contributed by atoms with van der Waals surface area (Å²) in [6.45, 7) is 3.76. The Labute approximate surface area is 162 Å². The van der Waals surface area contributed by atoms with Crippen molar-refractivity contribution in [2.24, 2.45) is 10.2 Å². The van der Waals surface area contributed by atoms with E-state index in [0.717, 1.165) is 28.2 Å². The standard InChI is InChI=1S/C19H24N8O/c1-11-14(25-21-4)5-6-15(22-11)13-7-8-27-16(13)17(20-3)24-18(26-27)23-12-9-19(2,28)10-12/h5-8,12,28H,9-10H2,1-4H3,(H2,20,23,24,26). The lowest BCUT2D eigenvalue weighted by molar-refractivity contribution is -0.0236. The van der Waals surface area contributed by atoms with Crippen LogP contribution in [0.2, 0.25) is 0 Å². The van der Waals surface area contributed by atoms with Gasteiger partial charge in [-0.25, -0.2) is 4.52 Å². The van der Waals surface area contributed by atoms with Crippen molar-refractivity contribution in [1.82, 2.24) is 19.6 Å². The van der Waals surface area contributed by atoms with Gasteiger partial charge in [-0.15, -0.1) is 5.10 Å². The molecule has 0 atom stereocenters. The Balaban J connectivity index is 1.70. The lowest BCUT2D eigenvalue weighted by Gasteiger charge is -2.41. The van der Waals surface area contributed by atoms with Gasteiger partial charge in [0.05, 0.1) is 17.0 Å².